The van der Waals surface area contributed by atoms with E-state index < -0.39 is 17.6 Å². The first-order valence-corrected chi connectivity index (χ1v) is 11.6. The van der Waals surface area contributed by atoms with Crippen LogP contribution in [0.3, 0.4) is 0 Å². The molecule has 1 aliphatic carbocycles. The molecule has 0 saturated heterocycles. The first-order chi connectivity index (χ1) is 16.7. The Hall–Kier alpha value is -3.76. The number of aliphatic hydroxyl groups excluding tert-OH is 1. The van der Waals surface area contributed by atoms with Gasteiger partial charge in [-0.3, -0.25) is 9.48 Å². The van der Waals surface area contributed by atoms with Gasteiger partial charge in [0, 0.05) is 30.9 Å². The van der Waals surface area contributed by atoms with E-state index in [0.717, 1.165) is 24.0 Å². The van der Waals surface area contributed by atoms with Crippen molar-refractivity contribution >= 4 is 5.91 Å². The van der Waals surface area contributed by atoms with E-state index in [0.29, 0.717) is 40.1 Å². The third-order valence-electron chi connectivity index (χ3n) is 7.48. The summed E-state index contributed by atoms with van der Waals surface area (Å²) in [6, 6.07) is 9.29. The van der Waals surface area contributed by atoms with Gasteiger partial charge in [0.25, 0.3) is 5.91 Å². The second-order valence-electron chi connectivity index (χ2n) is 9.70. The monoisotopic (exact) mass is 474 g/mol. The van der Waals surface area contributed by atoms with Crippen LogP contribution in [-0.2, 0) is 12.6 Å². The van der Waals surface area contributed by atoms with Crippen LogP contribution in [0.2, 0.25) is 0 Å². The number of rotatable bonds is 5. The van der Waals surface area contributed by atoms with Crippen molar-refractivity contribution in [3.63, 3.8) is 0 Å². The van der Waals surface area contributed by atoms with Crippen molar-refractivity contribution in [3.05, 3.63) is 76.2 Å². The number of benzene rings is 1. The zero-order valence-electron chi connectivity index (χ0n) is 19.6. The lowest BCUT2D eigenvalue weighted by molar-refractivity contribution is 0.0931. The number of hydrogen-bond donors (Lipinski definition) is 3. The molecule has 180 valence electrons. The van der Waals surface area contributed by atoms with E-state index in [2.05, 4.69) is 15.2 Å². The van der Waals surface area contributed by atoms with Gasteiger partial charge in [-0.2, -0.15) is 5.10 Å². The first kappa shape index (κ1) is 21.8. The average Bonchev–Trinajstić information content (AvgIpc) is 3.48. The second-order valence-corrected chi connectivity index (χ2v) is 9.70. The molecule has 1 saturated carbocycles. The number of carbonyl (C=O) groups excluding carboxylic acids is 1. The summed E-state index contributed by atoms with van der Waals surface area (Å²) < 4.78 is 8.71. The lowest BCUT2D eigenvalue weighted by atomic mass is 9.75. The van der Waals surface area contributed by atoms with Gasteiger partial charge in [-0.15, -0.1) is 0 Å². The molecular weight excluding hydrogens is 448 g/mol. The van der Waals surface area contributed by atoms with Gasteiger partial charge in [0.05, 0.1) is 11.4 Å². The summed E-state index contributed by atoms with van der Waals surface area (Å²) in [5.41, 5.74) is 8.21. The normalized spacial score (nSPS) is 20.8. The summed E-state index contributed by atoms with van der Waals surface area (Å²) in [5, 5.41) is 30.9. The number of primary amides is 1. The quantitative estimate of drug-likeness (QED) is 0.403. The zero-order chi connectivity index (χ0) is 24.6. The smallest absolute Gasteiger partial charge is 0.269 e. The molecule has 2 aliphatic heterocycles. The van der Waals surface area contributed by atoms with Gasteiger partial charge in [-0.05, 0) is 55.9 Å². The third kappa shape index (κ3) is 3.10. The molecule has 2 unspecified atom stereocenters. The molecule has 0 radical (unpaired) electrons. The number of aryl methyl sites for hydroxylation is 2. The molecule has 4 N–H and O–H groups in total. The maximum absolute atomic E-state index is 12.5. The Morgan fingerprint density at radius 2 is 2.06 bits per heavy atom. The number of amides is 1. The Labute approximate surface area is 201 Å². The number of hydrogen-bond acceptors (Lipinski definition) is 7. The molecule has 1 fully saturated rings. The maximum Gasteiger partial charge on any atom is 0.269 e. The highest BCUT2D eigenvalue weighted by molar-refractivity contribution is 5.93. The third-order valence-corrected chi connectivity index (χ3v) is 7.48. The van der Waals surface area contributed by atoms with Gasteiger partial charge in [0.15, 0.2) is 5.69 Å². The predicted octanol–water partition coefficient (Wildman–Crippen LogP) is 2.45. The fourth-order valence-electron chi connectivity index (χ4n) is 5.44. The van der Waals surface area contributed by atoms with Gasteiger partial charge < -0.3 is 25.0 Å². The van der Waals surface area contributed by atoms with Crippen molar-refractivity contribution in [2.45, 2.75) is 50.4 Å². The van der Waals surface area contributed by atoms with Crippen LogP contribution in [0.25, 0.3) is 11.4 Å². The molecule has 0 spiro atoms. The van der Waals surface area contributed by atoms with E-state index in [1.54, 1.807) is 43.9 Å². The largest absolute Gasteiger partial charge is 0.380 e. The summed E-state index contributed by atoms with van der Waals surface area (Å²) >= 11 is 0. The molecule has 7 rings (SSSR count). The van der Waals surface area contributed by atoms with Crippen molar-refractivity contribution < 1.29 is 19.5 Å². The number of aliphatic hydroxyl groups is 2. The van der Waals surface area contributed by atoms with Gasteiger partial charge in [-0.25, -0.2) is 4.98 Å². The molecule has 10 nitrogen and oxygen atoms in total. The van der Waals surface area contributed by atoms with Gasteiger partial charge in [0.1, 0.15) is 29.0 Å². The van der Waals surface area contributed by atoms with Crippen LogP contribution in [0, 0.1) is 6.92 Å². The van der Waals surface area contributed by atoms with Crippen molar-refractivity contribution in [1.29, 1.82) is 0 Å². The highest BCUT2D eigenvalue weighted by Crippen LogP contribution is 2.54. The van der Waals surface area contributed by atoms with Gasteiger partial charge >= 0.3 is 0 Å². The van der Waals surface area contributed by atoms with Crippen LogP contribution < -0.4 is 5.73 Å². The van der Waals surface area contributed by atoms with Crippen molar-refractivity contribution in [3.8, 4) is 11.4 Å². The van der Waals surface area contributed by atoms with Gasteiger partial charge in [-0.1, -0.05) is 17.3 Å². The Bertz CT molecular complexity index is 1470. The summed E-state index contributed by atoms with van der Waals surface area (Å²) in [4.78, 5) is 17.2. The number of nitrogens with zero attached hydrogens (tertiary/aromatic N) is 5. The molecule has 3 aromatic heterocycles. The minimum Gasteiger partial charge on any atom is -0.380 e. The maximum atomic E-state index is 12.5. The van der Waals surface area contributed by atoms with Crippen LogP contribution in [0.15, 0.2) is 41.1 Å². The SMILES string of the molecule is Cc1cc(C(C)(O)c2ccc3c(c2)-c2nc(C(N)=O)c(C(O)c4ccnn4C)n2C2CC3C2)no1. The highest BCUT2D eigenvalue weighted by Gasteiger charge is 2.43. The van der Waals surface area contributed by atoms with Crippen LogP contribution >= 0.6 is 0 Å². The van der Waals surface area contributed by atoms with E-state index in [1.807, 2.05) is 22.8 Å². The van der Waals surface area contributed by atoms with Crippen molar-refractivity contribution in [1.82, 2.24) is 24.5 Å². The standard InChI is InChI=1S/C25H26N6O4/c1-12-8-19(29-35-12)25(2,34)14-4-5-16-13-9-15(10-13)31-21(22(32)18-6-7-27-30(18)3)20(23(26)33)28-24(31)17(16)11-14/h4-8,11,13,15,22,32,34H,9-10H2,1-3H3,(H2,26,33). The van der Waals surface area contributed by atoms with E-state index in [4.69, 9.17) is 10.3 Å². The van der Waals surface area contributed by atoms with E-state index in [9.17, 15) is 15.0 Å². The Balaban J connectivity index is 1.56. The Morgan fingerprint density at radius 3 is 2.69 bits per heavy atom. The van der Waals surface area contributed by atoms with Crippen molar-refractivity contribution in [2.24, 2.45) is 12.8 Å². The van der Waals surface area contributed by atoms with Crippen LogP contribution in [0.1, 0.15) is 82.3 Å². The highest BCUT2D eigenvalue weighted by atomic mass is 16.5. The zero-order valence-corrected chi connectivity index (χ0v) is 19.6. The average molecular weight is 475 g/mol. The Kier molecular flexibility index (Phi) is 4.58. The van der Waals surface area contributed by atoms with Gasteiger partial charge in [0.2, 0.25) is 0 Å². The topological polar surface area (TPSA) is 145 Å². The Morgan fingerprint density at radius 1 is 1.29 bits per heavy atom. The first-order valence-electron chi connectivity index (χ1n) is 11.6. The van der Waals surface area contributed by atoms with Crippen LogP contribution in [0.4, 0.5) is 0 Å². The molecular formula is C25H26N6O4. The number of carbonyl (C=O) groups is 1. The number of imidazole rings is 1. The summed E-state index contributed by atoms with van der Waals surface area (Å²) in [6.07, 6.45) is 2.18. The molecule has 10 heteroatoms. The molecule has 35 heavy (non-hydrogen) atoms. The lowest BCUT2D eigenvalue weighted by Gasteiger charge is -2.36. The second kappa shape index (κ2) is 7.37. The van der Waals surface area contributed by atoms with E-state index in [1.165, 1.54) is 0 Å². The van der Waals surface area contributed by atoms with Crippen LogP contribution in [0.5, 0.6) is 0 Å². The van der Waals surface area contributed by atoms with E-state index >= 15 is 0 Å². The molecule has 5 heterocycles. The number of nitrogens with two attached hydrogens (primary N) is 1. The fraction of sp³-hybridized carbons (Fsp3) is 0.360. The lowest BCUT2D eigenvalue weighted by Crippen LogP contribution is -2.27. The fourth-order valence-corrected chi connectivity index (χ4v) is 5.44. The van der Waals surface area contributed by atoms with Crippen molar-refractivity contribution in [2.75, 3.05) is 0 Å². The number of aromatic nitrogens is 5. The molecule has 2 atom stereocenters. The molecule has 3 aliphatic rings. The minimum absolute atomic E-state index is 0.0364. The predicted molar refractivity (Wildman–Crippen MR) is 124 cm³/mol. The van der Waals surface area contributed by atoms with E-state index in [-0.39, 0.29) is 11.7 Å². The molecule has 1 amide bonds. The van der Waals surface area contributed by atoms with Crippen LogP contribution in [-0.4, -0.2) is 40.6 Å². The molecule has 2 bridgehead atoms. The molecule has 4 aromatic rings. The molecule has 1 aromatic carbocycles. The summed E-state index contributed by atoms with van der Waals surface area (Å²) in [6.45, 7) is 3.44. The summed E-state index contributed by atoms with van der Waals surface area (Å²) in [5.74, 6) is 0.777. The minimum atomic E-state index is -1.40. The summed E-state index contributed by atoms with van der Waals surface area (Å²) in [7, 11) is 1.73.